The molecule has 0 bridgehead atoms. The van der Waals surface area contributed by atoms with Gasteiger partial charge in [0.2, 0.25) is 5.91 Å². The van der Waals surface area contributed by atoms with E-state index < -0.39 is 23.8 Å². The molecule has 3 heterocycles. The van der Waals surface area contributed by atoms with Crippen LogP contribution in [0.4, 0.5) is 20.3 Å². The van der Waals surface area contributed by atoms with Crippen molar-refractivity contribution in [1.82, 2.24) is 25.8 Å². The number of halogens is 2. The Bertz CT molecular complexity index is 1260. The molecule has 2 fully saturated rings. The maximum absolute atomic E-state index is 14.1. The zero-order chi connectivity index (χ0) is 24.0. The van der Waals surface area contributed by atoms with Crippen LogP contribution in [-0.2, 0) is 4.79 Å². The molecule has 9 nitrogen and oxygen atoms in total. The van der Waals surface area contributed by atoms with Crippen LogP contribution in [0.3, 0.4) is 0 Å². The molecule has 2 aliphatic rings. The SMILES string of the molecule is Cc1ccc(N2NCC3C(=O)NC(n4nc(C)cc4NC(=O)c4ccc(F)cc4F)NC32)cc1. The highest BCUT2D eigenvalue weighted by molar-refractivity contribution is 6.04. The van der Waals surface area contributed by atoms with Gasteiger partial charge in [0.05, 0.1) is 22.9 Å². The highest BCUT2D eigenvalue weighted by atomic mass is 19.1. The van der Waals surface area contributed by atoms with E-state index in [2.05, 4.69) is 26.5 Å². The molecule has 0 spiro atoms. The van der Waals surface area contributed by atoms with Crippen molar-refractivity contribution in [3.63, 3.8) is 0 Å². The zero-order valence-corrected chi connectivity index (χ0v) is 18.5. The van der Waals surface area contributed by atoms with Crippen LogP contribution in [0, 0.1) is 31.4 Å². The summed E-state index contributed by atoms with van der Waals surface area (Å²) >= 11 is 0. The van der Waals surface area contributed by atoms with Gasteiger partial charge in [0.25, 0.3) is 5.91 Å². The van der Waals surface area contributed by atoms with Crippen molar-refractivity contribution in [3.8, 4) is 0 Å². The number of rotatable bonds is 4. The van der Waals surface area contributed by atoms with Crippen molar-refractivity contribution in [2.24, 2.45) is 5.92 Å². The molecule has 2 saturated heterocycles. The lowest BCUT2D eigenvalue weighted by Crippen LogP contribution is -2.61. The number of nitrogens with one attached hydrogen (secondary N) is 4. The topological polar surface area (TPSA) is 103 Å². The largest absolute Gasteiger partial charge is 0.321 e. The number of hydrogen-bond acceptors (Lipinski definition) is 6. The van der Waals surface area contributed by atoms with Crippen molar-refractivity contribution >= 4 is 23.3 Å². The first-order chi connectivity index (χ1) is 16.3. The summed E-state index contributed by atoms with van der Waals surface area (Å²) in [6, 6.07) is 12.2. The quantitative estimate of drug-likeness (QED) is 0.469. The first-order valence-corrected chi connectivity index (χ1v) is 10.8. The van der Waals surface area contributed by atoms with Crippen molar-refractivity contribution < 1.29 is 18.4 Å². The number of aromatic nitrogens is 2. The van der Waals surface area contributed by atoms with Crippen LogP contribution in [0.2, 0.25) is 0 Å². The van der Waals surface area contributed by atoms with Crippen LogP contribution in [0.15, 0.2) is 48.5 Å². The first-order valence-electron chi connectivity index (χ1n) is 10.8. The number of carbonyl (C=O) groups is 2. The van der Waals surface area contributed by atoms with Crippen LogP contribution in [0.1, 0.15) is 27.9 Å². The number of anilines is 2. The number of nitrogens with zero attached hydrogens (tertiary/aromatic N) is 3. The number of hydrogen-bond donors (Lipinski definition) is 4. The molecule has 11 heteroatoms. The maximum Gasteiger partial charge on any atom is 0.259 e. The molecule has 2 aromatic carbocycles. The van der Waals surface area contributed by atoms with Crippen molar-refractivity contribution in [1.29, 1.82) is 0 Å². The molecule has 2 amide bonds. The van der Waals surface area contributed by atoms with E-state index in [1.165, 1.54) is 4.68 Å². The van der Waals surface area contributed by atoms with E-state index in [4.69, 9.17) is 0 Å². The fourth-order valence-electron chi connectivity index (χ4n) is 4.21. The molecule has 34 heavy (non-hydrogen) atoms. The highest BCUT2D eigenvalue weighted by Gasteiger charge is 2.45. The van der Waals surface area contributed by atoms with E-state index in [1.54, 1.807) is 13.0 Å². The Hall–Kier alpha value is -3.83. The minimum Gasteiger partial charge on any atom is -0.321 e. The average Bonchev–Trinajstić information content (AvgIpc) is 3.38. The van der Waals surface area contributed by atoms with Crippen LogP contribution in [0.25, 0.3) is 0 Å². The number of fused-ring (bicyclic) bond motifs is 1. The van der Waals surface area contributed by atoms with E-state index in [0.717, 1.165) is 23.4 Å². The van der Waals surface area contributed by atoms with Gasteiger partial charge in [-0.3, -0.25) is 19.9 Å². The van der Waals surface area contributed by atoms with E-state index in [9.17, 15) is 18.4 Å². The average molecular weight is 467 g/mol. The Morgan fingerprint density at radius 2 is 1.88 bits per heavy atom. The van der Waals surface area contributed by atoms with E-state index in [-0.39, 0.29) is 29.4 Å². The summed E-state index contributed by atoms with van der Waals surface area (Å²) in [4.78, 5) is 25.6. The third-order valence-electron chi connectivity index (χ3n) is 5.92. The summed E-state index contributed by atoms with van der Waals surface area (Å²) in [5.41, 5.74) is 5.55. The van der Waals surface area contributed by atoms with Crippen LogP contribution < -0.4 is 26.4 Å². The third-order valence-corrected chi connectivity index (χ3v) is 5.92. The number of amides is 2. The zero-order valence-electron chi connectivity index (χ0n) is 18.5. The second-order valence-electron chi connectivity index (χ2n) is 8.39. The lowest BCUT2D eigenvalue weighted by Gasteiger charge is -2.37. The molecule has 5 rings (SSSR count). The highest BCUT2D eigenvalue weighted by Crippen LogP contribution is 2.28. The lowest BCUT2D eigenvalue weighted by molar-refractivity contribution is -0.129. The van der Waals surface area contributed by atoms with E-state index in [1.807, 2.05) is 36.2 Å². The van der Waals surface area contributed by atoms with Gasteiger partial charge < -0.3 is 10.6 Å². The molecule has 4 N–H and O–H groups in total. The normalized spacial score (nSPS) is 21.8. The number of hydrazine groups is 1. The summed E-state index contributed by atoms with van der Waals surface area (Å²) < 4.78 is 28.7. The maximum atomic E-state index is 14.1. The van der Waals surface area contributed by atoms with Crippen LogP contribution in [0.5, 0.6) is 0 Å². The predicted molar refractivity (Wildman–Crippen MR) is 121 cm³/mol. The third kappa shape index (κ3) is 3.99. The molecule has 3 aromatic rings. The Balaban J connectivity index is 1.40. The van der Waals surface area contributed by atoms with Gasteiger partial charge in [0.1, 0.15) is 23.6 Å². The second kappa shape index (κ2) is 8.50. The van der Waals surface area contributed by atoms with Gasteiger partial charge in [-0.25, -0.2) is 18.9 Å². The van der Waals surface area contributed by atoms with Gasteiger partial charge in [-0.2, -0.15) is 5.10 Å². The molecule has 0 aliphatic carbocycles. The van der Waals surface area contributed by atoms with Gasteiger partial charge >= 0.3 is 0 Å². The van der Waals surface area contributed by atoms with Gasteiger partial charge in [0.15, 0.2) is 6.29 Å². The van der Waals surface area contributed by atoms with E-state index >= 15 is 0 Å². The van der Waals surface area contributed by atoms with Gasteiger partial charge in [-0.15, -0.1) is 0 Å². The smallest absolute Gasteiger partial charge is 0.259 e. The minimum atomic E-state index is -0.974. The van der Waals surface area contributed by atoms with Crippen molar-refractivity contribution in [2.45, 2.75) is 26.3 Å². The molecule has 0 radical (unpaired) electrons. The standard InChI is InChI=1S/C23H23F2N7O2/c1-12-3-6-15(7-4-12)31-20-17(11-26-31)22(34)29-23(28-20)32-19(9-13(2)30-32)27-21(33)16-8-5-14(24)10-18(16)25/h3-10,17,20,23,26,28H,11H2,1-2H3,(H,27,33)(H,29,34). The molecule has 0 saturated carbocycles. The van der Waals surface area contributed by atoms with E-state index in [0.29, 0.717) is 18.3 Å². The molecule has 1 aromatic heterocycles. The van der Waals surface area contributed by atoms with Crippen molar-refractivity contribution in [2.75, 3.05) is 16.9 Å². The summed E-state index contributed by atoms with van der Waals surface area (Å²) in [7, 11) is 0. The van der Waals surface area contributed by atoms with Gasteiger partial charge in [-0.05, 0) is 38.1 Å². The lowest BCUT2D eigenvalue weighted by atomic mass is 10.0. The first kappa shape index (κ1) is 22.0. The van der Waals surface area contributed by atoms with Crippen LogP contribution in [-0.4, -0.2) is 34.3 Å². The number of benzene rings is 2. The Kier molecular flexibility index (Phi) is 5.50. The fraction of sp³-hybridized carbons (Fsp3) is 0.261. The second-order valence-corrected chi connectivity index (χ2v) is 8.39. The minimum absolute atomic E-state index is 0.175. The molecule has 3 unspecified atom stereocenters. The number of aryl methyl sites for hydroxylation is 2. The summed E-state index contributed by atoms with van der Waals surface area (Å²) in [6.07, 6.45) is -1.15. The monoisotopic (exact) mass is 467 g/mol. The molecule has 2 aliphatic heterocycles. The Labute approximate surface area is 194 Å². The molecule has 176 valence electrons. The van der Waals surface area contributed by atoms with Gasteiger partial charge in [0, 0.05) is 18.7 Å². The fourth-order valence-corrected chi connectivity index (χ4v) is 4.21. The summed E-state index contributed by atoms with van der Waals surface area (Å²) in [6.45, 7) is 4.18. The predicted octanol–water partition coefficient (Wildman–Crippen LogP) is 2.17. The Morgan fingerprint density at radius 3 is 2.62 bits per heavy atom. The Morgan fingerprint density at radius 1 is 1.12 bits per heavy atom. The summed E-state index contributed by atoms with van der Waals surface area (Å²) in [5.74, 6) is -2.79. The van der Waals surface area contributed by atoms with Crippen molar-refractivity contribution in [3.05, 3.63) is 77.0 Å². The molecular formula is C23H23F2N7O2. The number of carbonyl (C=O) groups excluding carboxylic acids is 2. The molecular weight excluding hydrogens is 444 g/mol. The summed E-state index contributed by atoms with van der Waals surface area (Å²) in [5, 5.41) is 15.2. The van der Waals surface area contributed by atoms with Crippen LogP contribution >= 0.6 is 0 Å². The molecule has 3 atom stereocenters. The van der Waals surface area contributed by atoms with Gasteiger partial charge in [-0.1, -0.05) is 17.7 Å².